The number of hydrogen-bond donors (Lipinski definition) is 1. The van der Waals surface area contributed by atoms with Gasteiger partial charge >= 0.3 is 5.97 Å². The van der Waals surface area contributed by atoms with E-state index < -0.39 is 23.7 Å². The molecule has 186 valence electrons. The van der Waals surface area contributed by atoms with E-state index in [0.29, 0.717) is 42.1 Å². The molecule has 1 saturated heterocycles. The standard InChI is InChI=1S/C27H32N2O6/c1-5-28(6-2)15-16-29-23(18-11-13-19(14-12-18)27(33)34-4)22(25(31)26(29)32)24(30)20-9-8-10-21(17-20)35-7-3/h8-14,17,23,30H,5-7,15-16H2,1-4H3. The van der Waals surface area contributed by atoms with Gasteiger partial charge < -0.3 is 24.4 Å². The molecular formula is C27H32N2O6. The maximum Gasteiger partial charge on any atom is 0.337 e. The number of ketones is 1. The molecule has 2 aromatic carbocycles. The molecule has 2 aromatic rings. The molecule has 1 amide bonds. The molecule has 0 aromatic heterocycles. The first-order valence-corrected chi connectivity index (χ1v) is 11.8. The second kappa shape index (κ2) is 11.7. The van der Waals surface area contributed by atoms with Crippen molar-refractivity contribution in [2.45, 2.75) is 26.8 Å². The molecular weight excluding hydrogens is 448 g/mol. The molecule has 0 aliphatic carbocycles. The highest BCUT2D eigenvalue weighted by Crippen LogP contribution is 2.39. The second-order valence-corrected chi connectivity index (χ2v) is 8.09. The summed E-state index contributed by atoms with van der Waals surface area (Å²) in [5.41, 5.74) is 1.35. The van der Waals surface area contributed by atoms with Crippen molar-refractivity contribution in [3.05, 3.63) is 70.8 Å². The molecule has 0 saturated carbocycles. The zero-order chi connectivity index (χ0) is 25.5. The van der Waals surface area contributed by atoms with Crippen LogP contribution in [0.4, 0.5) is 0 Å². The Bertz CT molecular complexity index is 1100. The van der Waals surface area contributed by atoms with Gasteiger partial charge in [-0.2, -0.15) is 0 Å². The van der Waals surface area contributed by atoms with Gasteiger partial charge in [-0.05, 0) is 49.8 Å². The lowest BCUT2D eigenvalue weighted by Gasteiger charge is -2.28. The Kier molecular flexibility index (Phi) is 8.65. The molecule has 0 radical (unpaired) electrons. The summed E-state index contributed by atoms with van der Waals surface area (Å²) in [5.74, 6) is -1.61. The number of aliphatic hydroxyl groups is 1. The highest BCUT2D eigenvalue weighted by Gasteiger charge is 2.46. The molecule has 1 aliphatic rings. The quantitative estimate of drug-likeness (QED) is 0.240. The predicted octanol–water partition coefficient (Wildman–Crippen LogP) is 3.64. The van der Waals surface area contributed by atoms with Gasteiger partial charge in [0.05, 0.1) is 30.9 Å². The van der Waals surface area contributed by atoms with Crippen LogP contribution in [0.15, 0.2) is 54.1 Å². The Morgan fingerprint density at radius 1 is 1.03 bits per heavy atom. The Labute approximate surface area is 205 Å². The monoisotopic (exact) mass is 480 g/mol. The summed E-state index contributed by atoms with van der Waals surface area (Å²) in [5, 5.41) is 11.2. The van der Waals surface area contributed by atoms with E-state index in [0.717, 1.165) is 13.1 Å². The van der Waals surface area contributed by atoms with Crippen molar-refractivity contribution in [1.82, 2.24) is 9.80 Å². The van der Waals surface area contributed by atoms with Crippen molar-refractivity contribution < 1.29 is 29.0 Å². The number of benzene rings is 2. The van der Waals surface area contributed by atoms with Crippen LogP contribution < -0.4 is 4.74 Å². The number of rotatable bonds is 10. The zero-order valence-corrected chi connectivity index (χ0v) is 20.6. The van der Waals surface area contributed by atoms with Crippen LogP contribution in [0, 0.1) is 0 Å². The summed E-state index contributed by atoms with van der Waals surface area (Å²) >= 11 is 0. The van der Waals surface area contributed by atoms with E-state index in [9.17, 15) is 19.5 Å². The van der Waals surface area contributed by atoms with E-state index in [1.807, 2.05) is 20.8 Å². The number of esters is 1. The first kappa shape index (κ1) is 26.0. The fraction of sp³-hybridized carbons (Fsp3) is 0.370. The van der Waals surface area contributed by atoms with Crippen molar-refractivity contribution in [3.8, 4) is 5.75 Å². The van der Waals surface area contributed by atoms with Crippen molar-refractivity contribution in [2.24, 2.45) is 0 Å². The number of amides is 1. The fourth-order valence-electron chi connectivity index (χ4n) is 4.22. The number of methoxy groups -OCH3 is 1. The SMILES string of the molecule is CCOc1cccc(C(O)=C2C(=O)C(=O)N(CCN(CC)CC)C2c2ccc(C(=O)OC)cc2)c1. The Morgan fingerprint density at radius 3 is 2.31 bits per heavy atom. The predicted molar refractivity (Wildman–Crippen MR) is 132 cm³/mol. The highest BCUT2D eigenvalue weighted by molar-refractivity contribution is 6.46. The maximum absolute atomic E-state index is 13.2. The first-order valence-electron chi connectivity index (χ1n) is 11.8. The average molecular weight is 481 g/mol. The number of aliphatic hydroxyl groups excluding tert-OH is 1. The van der Waals surface area contributed by atoms with Crippen LogP contribution in [0.3, 0.4) is 0 Å². The number of hydrogen-bond acceptors (Lipinski definition) is 7. The van der Waals surface area contributed by atoms with E-state index in [-0.39, 0.29) is 11.3 Å². The van der Waals surface area contributed by atoms with E-state index >= 15 is 0 Å². The van der Waals surface area contributed by atoms with Crippen LogP contribution in [0.2, 0.25) is 0 Å². The summed E-state index contributed by atoms with van der Waals surface area (Å²) in [6, 6.07) is 12.5. The van der Waals surface area contributed by atoms with Crippen LogP contribution in [-0.4, -0.2) is 72.5 Å². The lowest BCUT2D eigenvalue weighted by molar-refractivity contribution is -0.140. The van der Waals surface area contributed by atoms with Crippen LogP contribution in [0.25, 0.3) is 5.76 Å². The van der Waals surface area contributed by atoms with Gasteiger partial charge in [0.15, 0.2) is 0 Å². The molecule has 8 nitrogen and oxygen atoms in total. The molecule has 1 aliphatic heterocycles. The number of carbonyl (C=O) groups excluding carboxylic acids is 3. The van der Waals surface area contributed by atoms with Crippen LogP contribution in [0.1, 0.15) is 48.3 Å². The van der Waals surface area contributed by atoms with Crippen molar-refractivity contribution >= 4 is 23.4 Å². The molecule has 1 fully saturated rings. The topological polar surface area (TPSA) is 96.4 Å². The van der Waals surface area contributed by atoms with E-state index in [4.69, 9.17) is 9.47 Å². The number of likely N-dealkylation sites (N-methyl/N-ethyl adjacent to an activating group) is 1. The molecule has 3 rings (SSSR count). The molecule has 1 heterocycles. The van der Waals surface area contributed by atoms with E-state index in [1.165, 1.54) is 12.0 Å². The third-order valence-electron chi connectivity index (χ3n) is 6.16. The molecule has 1 atom stereocenters. The average Bonchev–Trinajstić information content (AvgIpc) is 3.13. The van der Waals surface area contributed by atoms with Gasteiger partial charge in [-0.25, -0.2) is 4.79 Å². The summed E-state index contributed by atoms with van der Waals surface area (Å²) in [6.07, 6.45) is 0. The van der Waals surface area contributed by atoms with Gasteiger partial charge in [0, 0.05) is 18.7 Å². The molecule has 35 heavy (non-hydrogen) atoms. The smallest absolute Gasteiger partial charge is 0.337 e. The lowest BCUT2D eigenvalue weighted by Crippen LogP contribution is -2.38. The Morgan fingerprint density at radius 2 is 1.71 bits per heavy atom. The van der Waals surface area contributed by atoms with Gasteiger partial charge in [0.2, 0.25) is 0 Å². The van der Waals surface area contributed by atoms with Gasteiger partial charge in [0.25, 0.3) is 11.7 Å². The van der Waals surface area contributed by atoms with Crippen molar-refractivity contribution in [2.75, 3.05) is 39.9 Å². The fourth-order valence-corrected chi connectivity index (χ4v) is 4.22. The van der Waals surface area contributed by atoms with Crippen LogP contribution in [-0.2, 0) is 14.3 Å². The molecule has 0 bridgehead atoms. The summed E-state index contributed by atoms with van der Waals surface area (Å²) in [6.45, 7) is 8.88. The van der Waals surface area contributed by atoms with Crippen molar-refractivity contribution in [3.63, 3.8) is 0 Å². The minimum absolute atomic E-state index is 0.00835. The normalized spacial score (nSPS) is 17.2. The molecule has 1 unspecified atom stereocenters. The number of carbonyl (C=O) groups is 3. The number of nitrogens with zero attached hydrogens (tertiary/aromatic N) is 2. The Hall–Kier alpha value is -3.65. The Balaban J connectivity index is 2.10. The summed E-state index contributed by atoms with van der Waals surface area (Å²) < 4.78 is 10.3. The van der Waals surface area contributed by atoms with Gasteiger partial charge in [-0.15, -0.1) is 0 Å². The minimum atomic E-state index is -0.798. The number of likely N-dealkylation sites (tertiary alicyclic amines) is 1. The third kappa shape index (κ3) is 5.54. The highest BCUT2D eigenvalue weighted by atomic mass is 16.5. The number of ether oxygens (including phenoxy) is 2. The summed E-state index contributed by atoms with van der Waals surface area (Å²) in [4.78, 5) is 41.9. The van der Waals surface area contributed by atoms with Gasteiger partial charge in [-0.1, -0.05) is 38.1 Å². The van der Waals surface area contributed by atoms with Gasteiger partial charge in [-0.3, -0.25) is 9.59 Å². The zero-order valence-electron chi connectivity index (χ0n) is 20.6. The second-order valence-electron chi connectivity index (χ2n) is 8.09. The van der Waals surface area contributed by atoms with Crippen LogP contribution in [0.5, 0.6) is 5.75 Å². The molecule has 8 heteroatoms. The number of Topliss-reactive ketones (excluding diaryl/α,β-unsaturated/α-hetero) is 1. The lowest BCUT2D eigenvalue weighted by atomic mass is 9.94. The van der Waals surface area contributed by atoms with Crippen molar-refractivity contribution in [1.29, 1.82) is 0 Å². The summed E-state index contributed by atoms with van der Waals surface area (Å²) in [7, 11) is 1.30. The first-order chi connectivity index (χ1) is 16.9. The molecule has 1 N–H and O–H groups in total. The van der Waals surface area contributed by atoms with E-state index in [1.54, 1.807) is 48.5 Å². The molecule has 0 spiro atoms. The van der Waals surface area contributed by atoms with Gasteiger partial charge in [0.1, 0.15) is 11.5 Å². The third-order valence-corrected chi connectivity index (χ3v) is 6.16. The van der Waals surface area contributed by atoms with E-state index in [2.05, 4.69) is 4.90 Å². The van der Waals surface area contributed by atoms with Crippen LogP contribution >= 0.6 is 0 Å². The minimum Gasteiger partial charge on any atom is -0.507 e. The largest absolute Gasteiger partial charge is 0.507 e. The maximum atomic E-state index is 13.2.